The molecule has 0 saturated heterocycles. The lowest BCUT2D eigenvalue weighted by Crippen LogP contribution is -1.92. The minimum atomic E-state index is 0.617. The Bertz CT molecular complexity index is 495. The SMILES string of the molecule is CNc1ccc(-c2ccco2)cc1C#N. The molecule has 0 unspecified atom stereocenters. The van der Waals surface area contributed by atoms with Crippen molar-refractivity contribution in [1.82, 2.24) is 0 Å². The smallest absolute Gasteiger partial charge is 0.133 e. The first-order chi connectivity index (χ1) is 7.35. The predicted molar refractivity (Wildman–Crippen MR) is 58.4 cm³/mol. The number of rotatable bonds is 2. The molecule has 0 spiro atoms. The van der Waals surface area contributed by atoms with Gasteiger partial charge in [0.2, 0.25) is 0 Å². The van der Waals surface area contributed by atoms with Crippen molar-refractivity contribution in [3.63, 3.8) is 0 Å². The number of furan rings is 1. The highest BCUT2D eigenvalue weighted by molar-refractivity contribution is 5.67. The highest BCUT2D eigenvalue weighted by Gasteiger charge is 2.05. The van der Waals surface area contributed by atoms with Gasteiger partial charge < -0.3 is 9.73 Å². The number of nitrogens with one attached hydrogen (secondary N) is 1. The second kappa shape index (κ2) is 3.89. The van der Waals surface area contributed by atoms with E-state index in [1.807, 2.05) is 30.3 Å². The van der Waals surface area contributed by atoms with E-state index in [1.54, 1.807) is 13.3 Å². The molecule has 0 fully saturated rings. The topological polar surface area (TPSA) is 49.0 Å². The van der Waals surface area contributed by atoms with Gasteiger partial charge in [0.15, 0.2) is 0 Å². The fraction of sp³-hybridized carbons (Fsp3) is 0.0833. The third kappa shape index (κ3) is 1.70. The van der Waals surface area contributed by atoms with Gasteiger partial charge >= 0.3 is 0 Å². The summed E-state index contributed by atoms with van der Waals surface area (Å²) in [4.78, 5) is 0. The molecular weight excluding hydrogens is 188 g/mol. The summed E-state index contributed by atoms with van der Waals surface area (Å²) in [6.07, 6.45) is 1.62. The molecule has 0 bridgehead atoms. The number of nitriles is 1. The highest BCUT2D eigenvalue weighted by Crippen LogP contribution is 2.24. The van der Waals surface area contributed by atoms with E-state index in [-0.39, 0.29) is 0 Å². The summed E-state index contributed by atoms with van der Waals surface area (Å²) in [6, 6.07) is 11.4. The number of nitrogens with zero attached hydrogens (tertiary/aromatic N) is 1. The summed E-state index contributed by atoms with van der Waals surface area (Å²) in [5.41, 5.74) is 2.36. The first-order valence-corrected chi connectivity index (χ1v) is 4.61. The Labute approximate surface area is 88.0 Å². The van der Waals surface area contributed by atoms with Crippen molar-refractivity contribution in [3.8, 4) is 17.4 Å². The van der Waals surface area contributed by atoms with Gasteiger partial charge in [-0.15, -0.1) is 0 Å². The summed E-state index contributed by atoms with van der Waals surface area (Å²) >= 11 is 0. The van der Waals surface area contributed by atoms with Crippen molar-refractivity contribution in [1.29, 1.82) is 5.26 Å². The second-order valence-electron chi connectivity index (χ2n) is 3.10. The van der Waals surface area contributed by atoms with Gasteiger partial charge in [-0.1, -0.05) is 0 Å². The van der Waals surface area contributed by atoms with E-state index < -0.39 is 0 Å². The predicted octanol–water partition coefficient (Wildman–Crippen LogP) is 2.86. The van der Waals surface area contributed by atoms with Crippen LogP contribution in [-0.4, -0.2) is 7.05 Å². The van der Waals surface area contributed by atoms with E-state index in [0.29, 0.717) is 5.56 Å². The Morgan fingerprint density at radius 2 is 2.20 bits per heavy atom. The Morgan fingerprint density at radius 1 is 1.33 bits per heavy atom. The van der Waals surface area contributed by atoms with Gasteiger partial charge in [-0.2, -0.15) is 5.26 Å². The van der Waals surface area contributed by atoms with Crippen LogP contribution in [0.5, 0.6) is 0 Å². The van der Waals surface area contributed by atoms with Gasteiger partial charge in [0.05, 0.1) is 17.5 Å². The fourth-order valence-electron chi connectivity index (χ4n) is 1.45. The Kier molecular flexibility index (Phi) is 2.42. The normalized spacial score (nSPS) is 9.60. The lowest BCUT2D eigenvalue weighted by Gasteiger charge is -2.04. The van der Waals surface area contributed by atoms with Crippen LogP contribution in [0.2, 0.25) is 0 Å². The largest absolute Gasteiger partial charge is 0.464 e. The maximum atomic E-state index is 8.95. The van der Waals surface area contributed by atoms with Crippen LogP contribution in [0.25, 0.3) is 11.3 Å². The van der Waals surface area contributed by atoms with E-state index in [4.69, 9.17) is 9.68 Å². The third-order valence-electron chi connectivity index (χ3n) is 2.22. The molecule has 3 heteroatoms. The molecule has 0 aliphatic carbocycles. The van der Waals surface area contributed by atoms with Crippen LogP contribution in [0, 0.1) is 11.3 Å². The van der Waals surface area contributed by atoms with Crippen LogP contribution < -0.4 is 5.32 Å². The zero-order valence-corrected chi connectivity index (χ0v) is 8.32. The van der Waals surface area contributed by atoms with Gasteiger partial charge in [-0.3, -0.25) is 0 Å². The quantitative estimate of drug-likeness (QED) is 0.807. The molecule has 2 aromatic rings. The Hall–Kier alpha value is -2.21. The summed E-state index contributed by atoms with van der Waals surface area (Å²) in [5, 5.41) is 11.9. The van der Waals surface area contributed by atoms with Crippen LogP contribution in [0.3, 0.4) is 0 Å². The summed E-state index contributed by atoms with van der Waals surface area (Å²) in [7, 11) is 1.79. The first-order valence-electron chi connectivity index (χ1n) is 4.61. The average Bonchev–Trinajstić information content (AvgIpc) is 2.81. The number of hydrogen-bond acceptors (Lipinski definition) is 3. The van der Waals surface area contributed by atoms with E-state index in [1.165, 1.54) is 0 Å². The maximum absolute atomic E-state index is 8.95. The fourth-order valence-corrected chi connectivity index (χ4v) is 1.45. The van der Waals surface area contributed by atoms with Crippen molar-refractivity contribution in [2.45, 2.75) is 0 Å². The number of anilines is 1. The standard InChI is InChI=1S/C12H10N2O/c1-14-11-5-4-9(7-10(11)8-13)12-3-2-6-15-12/h2-7,14H,1H3. The molecule has 74 valence electrons. The van der Waals surface area contributed by atoms with Crippen molar-refractivity contribution in [2.24, 2.45) is 0 Å². The van der Waals surface area contributed by atoms with Gasteiger partial charge in [0, 0.05) is 12.6 Å². The summed E-state index contributed by atoms with van der Waals surface area (Å²) in [6.45, 7) is 0. The van der Waals surface area contributed by atoms with Crippen molar-refractivity contribution in [3.05, 3.63) is 42.2 Å². The lowest BCUT2D eigenvalue weighted by molar-refractivity contribution is 0.582. The monoisotopic (exact) mass is 198 g/mol. The van der Waals surface area contributed by atoms with Gasteiger partial charge in [-0.25, -0.2) is 0 Å². The van der Waals surface area contributed by atoms with Crippen molar-refractivity contribution in [2.75, 3.05) is 12.4 Å². The second-order valence-corrected chi connectivity index (χ2v) is 3.10. The summed E-state index contributed by atoms with van der Waals surface area (Å²) in [5.74, 6) is 0.772. The van der Waals surface area contributed by atoms with Crippen LogP contribution in [0.4, 0.5) is 5.69 Å². The van der Waals surface area contributed by atoms with Crippen molar-refractivity contribution >= 4 is 5.69 Å². The maximum Gasteiger partial charge on any atom is 0.133 e. The molecule has 1 heterocycles. The molecule has 0 saturated carbocycles. The lowest BCUT2D eigenvalue weighted by atomic mass is 10.1. The van der Waals surface area contributed by atoms with Crippen LogP contribution in [0.15, 0.2) is 41.0 Å². The summed E-state index contributed by atoms with van der Waals surface area (Å²) < 4.78 is 5.26. The highest BCUT2D eigenvalue weighted by atomic mass is 16.3. The molecule has 1 aromatic heterocycles. The van der Waals surface area contributed by atoms with Gasteiger partial charge in [0.1, 0.15) is 11.8 Å². The van der Waals surface area contributed by atoms with Crippen LogP contribution in [0.1, 0.15) is 5.56 Å². The third-order valence-corrected chi connectivity index (χ3v) is 2.22. The first kappa shape index (κ1) is 9.35. The minimum absolute atomic E-state index is 0.617. The molecule has 0 aliphatic rings. The molecular formula is C12H10N2O. The van der Waals surface area contributed by atoms with Gasteiger partial charge in [0.25, 0.3) is 0 Å². The molecule has 15 heavy (non-hydrogen) atoms. The molecule has 0 aliphatic heterocycles. The molecule has 1 N–H and O–H groups in total. The zero-order valence-electron chi connectivity index (χ0n) is 8.32. The number of hydrogen-bond donors (Lipinski definition) is 1. The Morgan fingerprint density at radius 3 is 2.80 bits per heavy atom. The molecule has 3 nitrogen and oxygen atoms in total. The number of benzene rings is 1. The van der Waals surface area contributed by atoms with Crippen LogP contribution in [-0.2, 0) is 0 Å². The molecule has 0 atom stereocenters. The van der Waals surface area contributed by atoms with Crippen LogP contribution >= 0.6 is 0 Å². The van der Waals surface area contributed by atoms with E-state index in [0.717, 1.165) is 17.0 Å². The average molecular weight is 198 g/mol. The molecule has 0 radical (unpaired) electrons. The molecule has 2 rings (SSSR count). The molecule has 0 amide bonds. The van der Waals surface area contributed by atoms with E-state index in [2.05, 4.69) is 11.4 Å². The van der Waals surface area contributed by atoms with Gasteiger partial charge in [-0.05, 0) is 30.3 Å². The minimum Gasteiger partial charge on any atom is -0.464 e. The van der Waals surface area contributed by atoms with E-state index in [9.17, 15) is 0 Å². The molecule has 1 aromatic carbocycles. The van der Waals surface area contributed by atoms with E-state index >= 15 is 0 Å². The zero-order chi connectivity index (χ0) is 10.7. The van der Waals surface area contributed by atoms with Crippen molar-refractivity contribution < 1.29 is 4.42 Å². The Balaban J connectivity index is 2.49.